The van der Waals surface area contributed by atoms with Gasteiger partial charge in [0.05, 0.1) is 5.69 Å². The molecule has 0 aliphatic rings. The van der Waals surface area contributed by atoms with Gasteiger partial charge in [0.1, 0.15) is 11.7 Å². The molecule has 0 saturated carbocycles. The largest absolute Gasteiger partial charge is 0.481 e. The summed E-state index contributed by atoms with van der Waals surface area (Å²) in [7, 11) is 0. The van der Waals surface area contributed by atoms with Gasteiger partial charge in [0.25, 0.3) is 0 Å². The molecular formula is C11H17NO3. The molecule has 4 heteroatoms. The summed E-state index contributed by atoms with van der Waals surface area (Å²) < 4.78 is 5.29. The predicted molar refractivity (Wildman–Crippen MR) is 55.9 cm³/mol. The molecule has 0 aromatic carbocycles. The number of aromatic nitrogens is 1. The second-order valence-corrected chi connectivity index (χ2v) is 5.22. The fourth-order valence-corrected chi connectivity index (χ4v) is 1.01. The van der Waals surface area contributed by atoms with Gasteiger partial charge in [0, 0.05) is 5.41 Å². The van der Waals surface area contributed by atoms with Crippen LogP contribution in [0.2, 0.25) is 0 Å². The van der Waals surface area contributed by atoms with Gasteiger partial charge >= 0.3 is 5.97 Å². The quantitative estimate of drug-likeness (QED) is 0.815. The minimum absolute atomic E-state index is 0.202. The summed E-state index contributed by atoms with van der Waals surface area (Å²) in [6.45, 7) is 9.13. The zero-order valence-electron chi connectivity index (χ0n) is 9.79. The van der Waals surface area contributed by atoms with Gasteiger partial charge in [-0.1, -0.05) is 20.8 Å². The summed E-state index contributed by atoms with van der Waals surface area (Å²) in [4.78, 5) is 15.2. The molecule has 1 N–H and O–H groups in total. The Hall–Kier alpha value is -1.32. The molecule has 4 nitrogen and oxygen atoms in total. The molecule has 0 fully saturated rings. The number of hydrogen-bond donors (Lipinski definition) is 1. The molecule has 0 unspecified atom stereocenters. The summed E-state index contributed by atoms with van der Waals surface area (Å²) in [5, 5.41) is 9.03. The predicted octanol–water partition coefficient (Wildman–Crippen LogP) is 2.33. The van der Waals surface area contributed by atoms with Gasteiger partial charge in [-0.15, -0.1) is 0 Å². The summed E-state index contributed by atoms with van der Waals surface area (Å²) in [5.74, 6) is -0.344. The number of carboxylic acid groups (broad SMARTS) is 1. The molecular weight excluding hydrogens is 194 g/mol. The van der Waals surface area contributed by atoms with E-state index in [0.29, 0.717) is 11.6 Å². The van der Waals surface area contributed by atoms with Crippen LogP contribution >= 0.6 is 0 Å². The number of carbonyl (C=O) groups is 1. The minimum Gasteiger partial charge on any atom is -0.481 e. The molecule has 0 bridgehead atoms. The van der Waals surface area contributed by atoms with E-state index in [1.54, 1.807) is 13.8 Å². The van der Waals surface area contributed by atoms with E-state index in [1.807, 2.05) is 20.8 Å². The number of aliphatic carboxylic acids is 1. The van der Waals surface area contributed by atoms with Gasteiger partial charge in [-0.25, -0.2) is 4.98 Å². The number of carboxylic acids is 1. The van der Waals surface area contributed by atoms with Gasteiger partial charge in [0.15, 0.2) is 5.89 Å². The van der Waals surface area contributed by atoms with Crippen molar-refractivity contribution in [2.75, 3.05) is 0 Å². The second-order valence-electron chi connectivity index (χ2n) is 5.22. The Kier molecular flexibility index (Phi) is 2.63. The van der Waals surface area contributed by atoms with Crippen LogP contribution in [0.4, 0.5) is 0 Å². The van der Waals surface area contributed by atoms with Crippen molar-refractivity contribution in [2.24, 2.45) is 0 Å². The lowest BCUT2D eigenvalue weighted by molar-refractivity contribution is -0.142. The first-order chi connectivity index (χ1) is 6.65. The van der Waals surface area contributed by atoms with Crippen molar-refractivity contribution < 1.29 is 14.3 Å². The zero-order chi connectivity index (χ0) is 11.9. The third kappa shape index (κ3) is 2.19. The monoisotopic (exact) mass is 211 g/mol. The van der Waals surface area contributed by atoms with Crippen LogP contribution in [0.1, 0.15) is 46.2 Å². The van der Waals surface area contributed by atoms with Crippen LogP contribution in [-0.4, -0.2) is 16.1 Å². The van der Waals surface area contributed by atoms with Gasteiger partial charge in [0.2, 0.25) is 0 Å². The van der Waals surface area contributed by atoms with E-state index in [9.17, 15) is 4.79 Å². The van der Waals surface area contributed by atoms with Crippen LogP contribution in [0, 0.1) is 0 Å². The molecule has 0 amide bonds. The van der Waals surface area contributed by atoms with E-state index in [4.69, 9.17) is 9.52 Å². The molecule has 1 aromatic rings. The number of oxazole rings is 1. The molecule has 0 aliphatic heterocycles. The van der Waals surface area contributed by atoms with Crippen LogP contribution < -0.4 is 0 Å². The summed E-state index contributed by atoms with van der Waals surface area (Å²) in [5.41, 5.74) is -0.750. The standard InChI is InChI=1S/C11H17NO3/c1-10(2,3)8-12-7(6-15-8)11(4,5)9(13)14/h6H,1-5H3,(H,13,14). The van der Waals surface area contributed by atoms with Gasteiger partial charge < -0.3 is 9.52 Å². The fraction of sp³-hybridized carbons (Fsp3) is 0.636. The van der Waals surface area contributed by atoms with E-state index >= 15 is 0 Å². The minimum atomic E-state index is -1.01. The maximum atomic E-state index is 11.0. The molecule has 1 aromatic heterocycles. The smallest absolute Gasteiger partial charge is 0.315 e. The summed E-state index contributed by atoms with van der Waals surface area (Å²) >= 11 is 0. The Morgan fingerprint density at radius 2 is 1.87 bits per heavy atom. The molecule has 0 spiro atoms. The molecule has 0 radical (unpaired) electrons. The Morgan fingerprint density at radius 1 is 1.33 bits per heavy atom. The Bertz CT molecular complexity index is 371. The summed E-state index contributed by atoms with van der Waals surface area (Å²) in [6, 6.07) is 0. The average Bonchev–Trinajstić information content (AvgIpc) is 2.50. The van der Waals surface area contributed by atoms with Crippen LogP contribution in [-0.2, 0) is 15.6 Å². The highest BCUT2D eigenvalue weighted by atomic mass is 16.4. The van der Waals surface area contributed by atoms with Crippen LogP contribution in [0.25, 0.3) is 0 Å². The molecule has 0 atom stereocenters. The first-order valence-corrected chi connectivity index (χ1v) is 4.85. The maximum absolute atomic E-state index is 11.0. The number of rotatable bonds is 2. The van der Waals surface area contributed by atoms with Crippen molar-refractivity contribution in [3.8, 4) is 0 Å². The van der Waals surface area contributed by atoms with Crippen molar-refractivity contribution in [2.45, 2.75) is 45.4 Å². The highest BCUT2D eigenvalue weighted by molar-refractivity contribution is 5.79. The normalized spacial score (nSPS) is 12.9. The molecule has 84 valence electrons. The zero-order valence-corrected chi connectivity index (χ0v) is 9.79. The summed E-state index contributed by atoms with van der Waals surface area (Å²) in [6.07, 6.45) is 1.43. The van der Waals surface area contributed by atoms with E-state index < -0.39 is 11.4 Å². The Labute approximate surface area is 89.3 Å². The first-order valence-electron chi connectivity index (χ1n) is 4.85. The topological polar surface area (TPSA) is 63.3 Å². The lowest BCUT2D eigenvalue weighted by Crippen LogP contribution is -2.29. The average molecular weight is 211 g/mol. The van der Waals surface area contributed by atoms with Gasteiger partial charge in [-0.3, -0.25) is 4.79 Å². The van der Waals surface area contributed by atoms with Crippen molar-refractivity contribution in [3.63, 3.8) is 0 Å². The van der Waals surface area contributed by atoms with Crippen LogP contribution in [0.3, 0.4) is 0 Å². The Balaban J connectivity index is 3.10. The fourth-order valence-electron chi connectivity index (χ4n) is 1.01. The van der Waals surface area contributed by atoms with Crippen LogP contribution in [0.5, 0.6) is 0 Å². The van der Waals surface area contributed by atoms with E-state index in [-0.39, 0.29) is 5.41 Å². The van der Waals surface area contributed by atoms with Gasteiger partial charge in [-0.05, 0) is 13.8 Å². The lowest BCUT2D eigenvalue weighted by atomic mass is 9.90. The van der Waals surface area contributed by atoms with Crippen molar-refractivity contribution >= 4 is 5.97 Å². The van der Waals surface area contributed by atoms with Gasteiger partial charge in [-0.2, -0.15) is 0 Å². The maximum Gasteiger partial charge on any atom is 0.315 e. The third-order valence-electron chi connectivity index (χ3n) is 2.32. The second kappa shape index (κ2) is 3.36. The van der Waals surface area contributed by atoms with Crippen molar-refractivity contribution in [1.82, 2.24) is 4.98 Å². The van der Waals surface area contributed by atoms with Crippen LogP contribution in [0.15, 0.2) is 10.7 Å². The van der Waals surface area contributed by atoms with E-state index in [2.05, 4.69) is 4.98 Å². The SMILES string of the molecule is CC(C)(C)c1nc(C(C)(C)C(=O)O)co1. The van der Waals surface area contributed by atoms with E-state index in [0.717, 1.165) is 0 Å². The molecule has 1 rings (SSSR count). The highest BCUT2D eigenvalue weighted by Gasteiger charge is 2.34. The molecule has 0 saturated heterocycles. The van der Waals surface area contributed by atoms with Crippen molar-refractivity contribution in [1.29, 1.82) is 0 Å². The number of hydrogen-bond acceptors (Lipinski definition) is 3. The molecule has 1 heterocycles. The molecule has 15 heavy (non-hydrogen) atoms. The first kappa shape index (κ1) is 11.8. The highest BCUT2D eigenvalue weighted by Crippen LogP contribution is 2.27. The Morgan fingerprint density at radius 3 is 2.20 bits per heavy atom. The third-order valence-corrected chi connectivity index (χ3v) is 2.32. The lowest BCUT2D eigenvalue weighted by Gasteiger charge is -2.16. The van der Waals surface area contributed by atoms with Crippen molar-refractivity contribution in [3.05, 3.63) is 17.8 Å². The number of nitrogens with zero attached hydrogens (tertiary/aromatic N) is 1. The van der Waals surface area contributed by atoms with E-state index in [1.165, 1.54) is 6.26 Å². The molecule has 0 aliphatic carbocycles.